The van der Waals surface area contributed by atoms with Gasteiger partial charge in [-0.2, -0.15) is 11.8 Å². The molecule has 0 spiro atoms. The minimum atomic E-state index is -0.381. The van der Waals surface area contributed by atoms with Crippen LogP contribution in [0.5, 0.6) is 5.75 Å². The molecule has 1 aromatic carbocycles. The number of hydrogen-bond acceptors (Lipinski definition) is 4. The second-order valence-corrected chi connectivity index (χ2v) is 5.96. The normalized spacial score (nSPS) is 19.5. The number of nitrogens with two attached hydrogens (primary N) is 1. The number of rotatable bonds is 4. The van der Waals surface area contributed by atoms with Gasteiger partial charge in [-0.1, -0.05) is 6.92 Å². The molecule has 1 heterocycles. The number of ether oxygens (including phenoxy) is 1. The molecule has 106 valence electrons. The molecule has 2 N–H and O–H groups in total. The Morgan fingerprint density at radius 3 is 3.00 bits per heavy atom. The number of benzene rings is 1. The van der Waals surface area contributed by atoms with Crippen LogP contribution >= 0.6 is 11.8 Å². The van der Waals surface area contributed by atoms with E-state index in [1.54, 1.807) is 6.07 Å². The average Bonchev–Trinajstić information content (AvgIpc) is 2.39. The van der Waals surface area contributed by atoms with Gasteiger partial charge in [0.15, 0.2) is 11.6 Å². The van der Waals surface area contributed by atoms with Crippen LogP contribution < -0.4 is 15.4 Å². The fourth-order valence-electron chi connectivity index (χ4n) is 2.21. The number of halogens is 1. The summed E-state index contributed by atoms with van der Waals surface area (Å²) in [6.45, 7) is 5.63. The quantitative estimate of drug-likeness (QED) is 0.862. The molecule has 1 aliphatic rings. The minimum Gasteiger partial charge on any atom is -0.490 e. The second-order valence-electron chi connectivity index (χ2n) is 4.81. The first kappa shape index (κ1) is 14.3. The van der Waals surface area contributed by atoms with Gasteiger partial charge in [0.25, 0.3) is 0 Å². The van der Waals surface area contributed by atoms with Crippen LogP contribution in [-0.2, 0) is 0 Å². The predicted octanol–water partition coefficient (Wildman–Crippen LogP) is 3.14. The van der Waals surface area contributed by atoms with Crippen molar-refractivity contribution < 1.29 is 9.13 Å². The summed E-state index contributed by atoms with van der Waals surface area (Å²) in [5, 5.41) is 0. The number of anilines is 2. The lowest BCUT2D eigenvalue weighted by Crippen LogP contribution is -2.40. The van der Waals surface area contributed by atoms with Crippen molar-refractivity contribution in [2.75, 3.05) is 35.3 Å². The van der Waals surface area contributed by atoms with Crippen molar-refractivity contribution in [2.24, 2.45) is 0 Å². The summed E-state index contributed by atoms with van der Waals surface area (Å²) in [6.07, 6.45) is 0.857. The molecule has 1 aliphatic heterocycles. The SMILES string of the molecule is CCCOc1cc(N2CCSCC2C)c(N)cc1F. The minimum absolute atomic E-state index is 0.302. The van der Waals surface area contributed by atoms with Crippen molar-refractivity contribution in [1.82, 2.24) is 0 Å². The van der Waals surface area contributed by atoms with Crippen LogP contribution in [0, 0.1) is 5.82 Å². The summed E-state index contributed by atoms with van der Waals surface area (Å²) in [5.74, 6) is 2.07. The van der Waals surface area contributed by atoms with E-state index < -0.39 is 0 Å². The Morgan fingerprint density at radius 1 is 1.53 bits per heavy atom. The zero-order valence-corrected chi connectivity index (χ0v) is 12.3. The van der Waals surface area contributed by atoms with Crippen molar-refractivity contribution in [2.45, 2.75) is 26.3 Å². The van der Waals surface area contributed by atoms with E-state index >= 15 is 0 Å². The summed E-state index contributed by atoms with van der Waals surface area (Å²) < 4.78 is 19.2. The highest BCUT2D eigenvalue weighted by molar-refractivity contribution is 7.99. The molecule has 0 saturated carbocycles. The van der Waals surface area contributed by atoms with E-state index in [1.165, 1.54) is 6.07 Å². The summed E-state index contributed by atoms with van der Waals surface area (Å²) in [5.41, 5.74) is 7.34. The highest BCUT2D eigenvalue weighted by atomic mass is 32.2. The van der Waals surface area contributed by atoms with E-state index in [9.17, 15) is 4.39 Å². The van der Waals surface area contributed by atoms with Gasteiger partial charge in [0.1, 0.15) is 0 Å². The fraction of sp³-hybridized carbons (Fsp3) is 0.571. The zero-order chi connectivity index (χ0) is 13.8. The second kappa shape index (κ2) is 6.37. The third-order valence-electron chi connectivity index (χ3n) is 3.22. The fourth-order valence-corrected chi connectivity index (χ4v) is 3.23. The predicted molar refractivity (Wildman–Crippen MR) is 80.7 cm³/mol. The van der Waals surface area contributed by atoms with E-state index in [1.807, 2.05) is 18.7 Å². The van der Waals surface area contributed by atoms with Crippen molar-refractivity contribution in [3.05, 3.63) is 17.9 Å². The maximum absolute atomic E-state index is 13.8. The molecule has 0 aromatic heterocycles. The first-order valence-corrected chi connectivity index (χ1v) is 7.85. The van der Waals surface area contributed by atoms with Gasteiger partial charge in [-0.3, -0.25) is 0 Å². The molecular formula is C14H21FN2OS. The van der Waals surface area contributed by atoms with Gasteiger partial charge >= 0.3 is 0 Å². The molecule has 1 atom stereocenters. The summed E-state index contributed by atoms with van der Waals surface area (Å²) in [4.78, 5) is 2.24. The average molecular weight is 284 g/mol. The standard InChI is InChI=1S/C14H21FN2OS/c1-3-5-18-14-8-13(12(16)7-11(14)15)17-4-6-19-9-10(17)2/h7-8,10H,3-6,9,16H2,1-2H3. The third kappa shape index (κ3) is 3.26. The molecule has 0 aliphatic carbocycles. The van der Waals surface area contributed by atoms with Crippen molar-refractivity contribution in [3.63, 3.8) is 0 Å². The van der Waals surface area contributed by atoms with Crippen molar-refractivity contribution in [1.29, 1.82) is 0 Å². The molecule has 0 radical (unpaired) electrons. The van der Waals surface area contributed by atoms with Crippen LogP contribution in [0.15, 0.2) is 12.1 Å². The molecule has 2 rings (SSSR count). The lowest BCUT2D eigenvalue weighted by Gasteiger charge is -2.36. The third-order valence-corrected chi connectivity index (χ3v) is 4.41. The maximum Gasteiger partial charge on any atom is 0.167 e. The first-order valence-electron chi connectivity index (χ1n) is 6.69. The zero-order valence-electron chi connectivity index (χ0n) is 11.5. The topological polar surface area (TPSA) is 38.5 Å². The highest BCUT2D eigenvalue weighted by Gasteiger charge is 2.22. The smallest absolute Gasteiger partial charge is 0.167 e. The molecule has 5 heteroatoms. The van der Waals surface area contributed by atoms with Gasteiger partial charge in [-0.05, 0) is 13.3 Å². The maximum atomic E-state index is 13.8. The Morgan fingerprint density at radius 2 is 2.32 bits per heavy atom. The van der Waals surface area contributed by atoms with Gasteiger partial charge in [-0.25, -0.2) is 4.39 Å². The van der Waals surface area contributed by atoms with Crippen molar-refractivity contribution >= 4 is 23.1 Å². The molecule has 19 heavy (non-hydrogen) atoms. The van der Waals surface area contributed by atoms with E-state index in [-0.39, 0.29) is 5.82 Å². The molecule has 1 unspecified atom stereocenters. The Bertz CT molecular complexity index is 442. The van der Waals surface area contributed by atoms with Gasteiger partial charge in [0.2, 0.25) is 0 Å². The summed E-state index contributed by atoms with van der Waals surface area (Å²) in [7, 11) is 0. The van der Waals surface area contributed by atoms with Gasteiger partial charge in [-0.15, -0.1) is 0 Å². The molecule has 1 aromatic rings. The molecular weight excluding hydrogens is 263 g/mol. The lowest BCUT2D eigenvalue weighted by atomic mass is 10.2. The largest absolute Gasteiger partial charge is 0.490 e. The van der Waals surface area contributed by atoms with Crippen molar-refractivity contribution in [3.8, 4) is 5.75 Å². The Hall–Kier alpha value is -1.10. The summed E-state index contributed by atoms with van der Waals surface area (Å²) in [6, 6.07) is 3.52. The Balaban J connectivity index is 2.28. The van der Waals surface area contributed by atoms with Gasteiger partial charge in [0.05, 0.1) is 18.0 Å². The van der Waals surface area contributed by atoms with Crippen LogP contribution in [-0.4, -0.2) is 30.7 Å². The number of nitrogens with zero attached hydrogens (tertiary/aromatic N) is 1. The monoisotopic (exact) mass is 284 g/mol. The Kier molecular flexibility index (Phi) is 4.80. The van der Waals surface area contributed by atoms with Gasteiger partial charge in [0, 0.05) is 36.2 Å². The molecule has 1 fully saturated rings. The van der Waals surface area contributed by atoms with E-state index in [0.29, 0.717) is 24.1 Å². The van der Waals surface area contributed by atoms with Crippen LogP contribution in [0.1, 0.15) is 20.3 Å². The highest BCUT2D eigenvalue weighted by Crippen LogP contribution is 2.34. The van der Waals surface area contributed by atoms with Crippen LogP contribution in [0.2, 0.25) is 0 Å². The van der Waals surface area contributed by atoms with E-state index in [2.05, 4.69) is 11.8 Å². The number of hydrogen-bond donors (Lipinski definition) is 1. The molecule has 0 bridgehead atoms. The Labute approximate surface area is 118 Å². The van der Waals surface area contributed by atoms with E-state index in [4.69, 9.17) is 10.5 Å². The van der Waals surface area contributed by atoms with Crippen LogP contribution in [0.3, 0.4) is 0 Å². The molecule has 0 amide bonds. The first-order chi connectivity index (χ1) is 9.13. The summed E-state index contributed by atoms with van der Waals surface area (Å²) >= 11 is 1.94. The van der Waals surface area contributed by atoms with Gasteiger partial charge < -0.3 is 15.4 Å². The van der Waals surface area contributed by atoms with Crippen LogP contribution in [0.4, 0.5) is 15.8 Å². The van der Waals surface area contributed by atoms with E-state index in [0.717, 1.165) is 30.2 Å². The number of thioether (sulfide) groups is 1. The molecule has 1 saturated heterocycles. The molecule has 3 nitrogen and oxygen atoms in total. The lowest BCUT2D eigenvalue weighted by molar-refractivity contribution is 0.301. The van der Waals surface area contributed by atoms with Crippen LogP contribution in [0.25, 0.3) is 0 Å². The number of nitrogen functional groups attached to an aromatic ring is 1.